The molecule has 190 valence electrons. The summed E-state index contributed by atoms with van der Waals surface area (Å²) < 4.78 is 1.92. The second-order valence-electron chi connectivity index (χ2n) is 11.2. The van der Waals surface area contributed by atoms with Crippen molar-refractivity contribution in [1.82, 2.24) is 30.1 Å². The van der Waals surface area contributed by atoms with Crippen LogP contribution in [-0.2, 0) is 18.5 Å². The largest absolute Gasteiger partial charge is 0.322 e. The van der Waals surface area contributed by atoms with Crippen molar-refractivity contribution in [2.75, 3.05) is 6.54 Å². The van der Waals surface area contributed by atoms with E-state index in [1.165, 1.54) is 16.7 Å². The molecular weight excluding hydrogens is 448 g/mol. The number of nitrogens with one attached hydrogen (secondary N) is 1. The highest BCUT2D eigenvalue weighted by atomic mass is 16.1. The Bertz CT molecular complexity index is 1380. The van der Waals surface area contributed by atoms with E-state index >= 15 is 0 Å². The lowest BCUT2D eigenvalue weighted by molar-refractivity contribution is 0.129. The Kier molecular flexibility index (Phi) is 7.41. The minimum absolute atomic E-state index is 0.0478. The van der Waals surface area contributed by atoms with Crippen LogP contribution < -0.4 is 5.56 Å². The SMILES string of the molecule is Cc1cc2cc(CN(CCc3ccccc3)C(c3nnnn3C(C)(C)C)C(C)C)c(=O)[nH]c2cc1C. The van der Waals surface area contributed by atoms with E-state index in [9.17, 15) is 4.79 Å². The molecule has 4 rings (SSSR count). The fourth-order valence-electron chi connectivity index (χ4n) is 4.83. The van der Waals surface area contributed by atoms with Gasteiger partial charge in [-0.15, -0.1) is 5.10 Å². The summed E-state index contributed by atoms with van der Waals surface area (Å²) in [5.41, 5.74) is 4.97. The molecule has 0 spiro atoms. The first-order valence-electron chi connectivity index (χ1n) is 12.7. The third-order valence-electron chi connectivity index (χ3n) is 6.86. The van der Waals surface area contributed by atoms with E-state index in [2.05, 4.69) is 110 Å². The average Bonchev–Trinajstić information content (AvgIpc) is 3.30. The molecule has 2 aromatic carbocycles. The van der Waals surface area contributed by atoms with Gasteiger partial charge >= 0.3 is 0 Å². The zero-order valence-corrected chi connectivity index (χ0v) is 22.5. The second-order valence-corrected chi connectivity index (χ2v) is 11.2. The highest BCUT2D eigenvalue weighted by molar-refractivity contribution is 5.80. The number of H-pyrrole nitrogens is 1. The molecule has 4 aromatic rings. The number of hydrogen-bond acceptors (Lipinski definition) is 5. The lowest BCUT2D eigenvalue weighted by Gasteiger charge is -2.35. The molecule has 1 atom stereocenters. The van der Waals surface area contributed by atoms with Crippen molar-refractivity contribution >= 4 is 10.9 Å². The van der Waals surface area contributed by atoms with Crippen molar-refractivity contribution < 1.29 is 0 Å². The number of hydrogen-bond donors (Lipinski definition) is 1. The number of pyridine rings is 1. The zero-order valence-electron chi connectivity index (χ0n) is 22.5. The van der Waals surface area contributed by atoms with Crippen molar-refractivity contribution in [2.45, 2.75) is 73.0 Å². The Hall–Kier alpha value is -3.32. The van der Waals surface area contributed by atoms with Gasteiger partial charge in [0.15, 0.2) is 5.82 Å². The van der Waals surface area contributed by atoms with Crippen LogP contribution in [0.5, 0.6) is 0 Å². The summed E-state index contributed by atoms with van der Waals surface area (Å²) in [6.45, 7) is 16.2. The van der Waals surface area contributed by atoms with Crippen LogP contribution in [0.4, 0.5) is 0 Å². The van der Waals surface area contributed by atoms with E-state index in [4.69, 9.17) is 0 Å². The van der Waals surface area contributed by atoms with E-state index in [0.717, 1.165) is 35.3 Å². The molecule has 0 radical (unpaired) electrons. The first kappa shape index (κ1) is 25.8. The number of aromatic amines is 1. The Labute approximate surface area is 213 Å². The number of benzene rings is 2. The molecule has 0 amide bonds. The second kappa shape index (κ2) is 10.3. The summed E-state index contributed by atoms with van der Waals surface area (Å²) in [6.07, 6.45) is 0.866. The van der Waals surface area contributed by atoms with Gasteiger partial charge in [-0.05, 0) is 97.7 Å². The summed E-state index contributed by atoms with van der Waals surface area (Å²) in [5, 5.41) is 13.9. The first-order valence-corrected chi connectivity index (χ1v) is 12.7. The minimum Gasteiger partial charge on any atom is -0.322 e. The Balaban J connectivity index is 1.76. The number of aromatic nitrogens is 5. The molecule has 7 heteroatoms. The predicted octanol–water partition coefficient (Wildman–Crippen LogP) is 5.33. The number of fused-ring (bicyclic) bond motifs is 1. The van der Waals surface area contributed by atoms with Crippen molar-refractivity contribution in [2.24, 2.45) is 5.92 Å². The van der Waals surface area contributed by atoms with Gasteiger partial charge in [-0.25, -0.2) is 4.68 Å². The van der Waals surface area contributed by atoms with Crippen LogP contribution in [0, 0.1) is 19.8 Å². The molecule has 0 saturated heterocycles. The van der Waals surface area contributed by atoms with E-state index in [-0.39, 0.29) is 23.1 Å². The lowest BCUT2D eigenvalue weighted by atomic mass is 9.98. The smallest absolute Gasteiger partial charge is 0.252 e. The van der Waals surface area contributed by atoms with Gasteiger partial charge in [0.1, 0.15) is 0 Å². The minimum atomic E-state index is -0.257. The van der Waals surface area contributed by atoms with Crippen LogP contribution in [0.3, 0.4) is 0 Å². The number of aryl methyl sites for hydroxylation is 2. The highest BCUT2D eigenvalue weighted by Crippen LogP contribution is 2.31. The van der Waals surface area contributed by atoms with Gasteiger partial charge in [-0.3, -0.25) is 9.69 Å². The fraction of sp³-hybridized carbons (Fsp3) is 0.448. The van der Waals surface area contributed by atoms with Crippen LogP contribution in [-0.4, -0.2) is 36.6 Å². The molecule has 7 nitrogen and oxygen atoms in total. The van der Waals surface area contributed by atoms with E-state index in [0.29, 0.717) is 6.54 Å². The van der Waals surface area contributed by atoms with Gasteiger partial charge in [0.2, 0.25) is 0 Å². The predicted molar refractivity (Wildman–Crippen MR) is 145 cm³/mol. The van der Waals surface area contributed by atoms with Crippen molar-refractivity contribution in [3.05, 3.63) is 87.0 Å². The molecule has 1 N–H and O–H groups in total. The maximum Gasteiger partial charge on any atom is 0.252 e. The van der Waals surface area contributed by atoms with Gasteiger partial charge in [0.05, 0.1) is 11.6 Å². The summed E-state index contributed by atoms with van der Waals surface area (Å²) in [6, 6.07) is 16.7. The topological polar surface area (TPSA) is 79.7 Å². The molecule has 0 fully saturated rings. The molecule has 0 aliphatic rings. The summed E-state index contributed by atoms with van der Waals surface area (Å²) in [7, 11) is 0. The molecule has 0 bridgehead atoms. The molecular formula is C29H38N6O. The molecule has 1 unspecified atom stereocenters. The Morgan fingerprint density at radius 3 is 2.39 bits per heavy atom. The Morgan fingerprint density at radius 1 is 1.03 bits per heavy atom. The third-order valence-corrected chi connectivity index (χ3v) is 6.86. The molecule has 0 aliphatic carbocycles. The molecule has 2 aromatic heterocycles. The van der Waals surface area contributed by atoms with Gasteiger partial charge in [-0.1, -0.05) is 44.2 Å². The highest BCUT2D eigenvalue weighted by Gasteiger charge is 2.32. The molecule has 0 aliphatic heterocycles. The van der Waals surface area contributed by atoms with Gasteiger partial charge in [0, 0.05) is 24.2 Å². The van der Waals surface area contributed by atoms with Crippen molar-refractivity contribution in [3.63, 3.8) is 0 Å². The van der Waals surface area contributed by atoms with Gasteiger partial charge in [0.25, 0.3) is 5.56 Å². The quantitative estimate of drug-likeness (QED) is 0.364. The molecule has 0 saturated carbocycles. The van der Waals surface area contributed by atoms with Crippen LogP contribution in [0.2, 0.25) is 0 Å². The maximum atomic E-state index is 13.2. The van der Waals surface area contributed by atoms with Crippen molar-refractivity contribution in [1.29, 1.82) is 0 Å². The van der Waals surface area contributed by atoms with Crippen LogP contribution in [0.25, 0.3) is 10.9 Å². The Morgan fingerprint density at radius 2 is 1.72 bits per heavy atom. The van der Waals surface area contributed by atoms with E-state index in [1.54, 1.807) is 0 Å². The average molecular weight is 487 g/mol. The standard InChI is InChI=1S/C29H38N6O/c1-19(2)26(27-31-32-33-35(27)29(5,6)7)34(14-13-22-11-9-8-10-12-22)18-24-17-23-15-20(3)21(4)16-25(23)30-28(24)36/h8-12,15-17,19,26H,13-14,18H2,1-7H3,(H,30,36). The van der Waals surface area contributed by atoms with E-state index < -0.39 is 0 Å². The van der Waals surface area contributed by atoms with Crippen LogP contribution >= 0.6 is 0 Å². The van der Waals surface area contributed by atoms with Crippen LogP contribution in [0.15, 0.2) is 53.3 Å². The summed E-state index contributed by atoms with van der Waals surface area (Å²) >= 11 is 0. The molecule has 2 heterocycles. The van der Waals surface area contributed by atoms with Crippen LogP contribution in [0.1, 0.15) is 68.7 Å². The number of rotatable bonds is 8. The fourth-order valence-corrected chi connectivity index (χ4v) is 4.83. The molecule has 36 heavy (non-hydrogen) atoms. The monoisotopic (exact) mass is 486 g/mol. The third kappa shape index (κ3) is 5.57. The maximum absolute atomic E-state index is 13.2. The van der Waals surface area contributed by atoms with E-state index in [1.807, 2.05) is 16.8 Å². The lowest BCUT2D eigenvalue weighted by Crippen LogP contribution is -2.39. The van der Waals surface area contributed by atoms with Gasteiger partial charge in [-0.2, -0.15) is 0 Å². The number of tetrazole rings is 1. The summed E-state index contributed by atoms with van der Waals surface area (Å²) in [5.74, 6) is 1.06. The van der Waals surface area contributed by atoms with Crippen molar-refractivity contribution in [3.8, 4) is 0 Å². The van der Waals surface area contributed by atoms with Gasteiger partial charge < -0.3 is 4.98 Å². The number of nitrogens with zero attached hydrogens (tertiary/aromatic N) is 5. The first-order chi connectivity index (χ1) is 17.0. The normalized spacial score (nSPS) is 13.1. The zero-order chi connectivity index (χ0) is 26.0. The summed E-state index contributed by atoms with van der Waals surface area (Å²) in [4.78, 5) is 18.7.